The van der Waals surface area contributed by atoms with Gasteiger partial charge in [-0.3, -0.25) is 0 Å². The first-order chi connectivity index (χ1) is 13.5. The Morgan fingerprint density at radius 2 is 2.04 bits per heavy atom. The lowest BCUT2D eigenvalue weighted by Gasteiger charge is -2.14. The van der Waals surface area contributed by atoms with E-state index in [-0.39, 0.29) is 0 Å². The molecule has 28 heavy (non-hydrogen) atoms. The van der Waals surface area contributed by atoms with Gasteiger partial charge in [0.2, 0.25) is 0 Å². The number of guanidine groups is 1. The van der Waals surface area contributed by atoms with Gasteiger partial charge >= 0.3 is 0 Å². The summed E-state index contributed by atoms with van der Waals surface area (Å²) in [5, 5.41) is 7.76. The molecular weight excluding hydrogens is 372 g/mol. The van der Waals surface area contributed by atoms with Crippen LogP contribution in [0.3, 0.4) is 0 Å². The molecule has 0 aliphatic heterocycles. The average molecular weight is 403 g/mol. The molecule has 0 aliphatic carbocycles. The van der Waals surface area contributed by atoms with Crippen molar-refractivity contribution in [2.75, 3.05) is 20.8 Å². The molecular formula is C21H30N4O2S. The van der Waals surface area contributed by atoms with Gasteiger partial charge in [0.15, 0.2) is 17.5 Å². The molecule has 0 saturated heterocycles. The third kappa shape index (κ3) is 5.73. The quantitative estimate of drug-likeness (QED) is 0.380. The summed E-state index contributed by atoms with van der Waals surface area (Å²) in [7, 11) is 3.30. The van der Waals surface area contributed by atoms with E-state index >= 15 is 0 Å². The molecule has 6 nitrogen and oxygen atoms in total. The standard InChI is InChI=1S/C21H30N4O2S/c1-7-9-17-10-16(11-18(26-5)20(17)27-6)12-23-21(22-8-2)24-13-19-14(3)25-15(4)28-19/h7,10-11H,1,8-9,12-13H2,2-6H3,(H2,22,23,24). The summed E-state index contributed by atoms with van der Waals surface area (Å²) < 4.78 is 11.0. The zero-order valence-electron chi connectivity index (χ0n) is 17.4. The third-order valence-electron chi connectivity index (χ3n) is 4.16. The molecule has 0 aliphatic rings. The number of hydrogen-bond donors (Lipinski definition) is 2. The average Bonchev–Trinajstić information content (AvgIpc) is 3.00. The van der Waals surface area contributed by atoms with E-state index in [0.717, 1.165) is 40.1 Å². The summed E-state index contributed by atoms with van der Waals surface area (Å²) in [5.74, 6) is 2.23. The van der Waals surface area contributed by atoms with Crippen molar-refractivity contribution in [1.29, 1.82) is 0 Å². The summed E-state index contributed by atoms with van der Waals surface area (Å²) >= 11 is 1.71. The Labute approximate surface area is 171 Å². The molecule has 1 aromatic heterocycles. The second-order valence-electron chi connectivity index (χ2n) is 6.27. The Morgan fingerprint density at radius 3 is 2.61 bits per heavy atom. The molecule has 152 valence electrons. The van der Waals surface area contributed by atoms with Gasteiger partial charge in [0.1, 0.15) is 0 Å². The Bertz CT molecular complexity index is 830. The number of allylic oxidation sites excluding steroid dienone is 1. The number of thiazole rings is 1. The van der Waals surface area contributed by atoms with Crippen LogP contribution < -0.4 is 20.1 Å². The monoisotopic (exact) mass is 402 g/mol. The smallest absolute Gasteiger partial charge is 0.191 e. The van der Waals surface area contributed by atoms with Crippen LogP contribution in [0.25, 0.3) is 0 Å². The molecule has 0 unspecified atom stereocenters. The predicted molar refractivity (Wildman–Crippen MR) is 117 cm³/mol. The number of nitrogens with zero attached hydrogens (tertiary/aromatic N) is 2. The van der Waals surface area contributed by atoms with Gasteiger partial charge in [0, 0.05) is 17.0 Å². The van der Waals surface area contributed by atoms with E-state index in [0.29, 0.717) is 25.3 Å². The Morgan fingerprint density at radius 1 is 1.25 bits per heavy atom. The zero-order valence-corrected chi connectivity index (χ0v) is 18.2. The van der Waals surface area contributed by atoms with Crippen LogP contribution in [-0.2, 0) is 19.5 Å². The van der Waals surface area contributed by atoms with Crippen LogP contribution in [0.1, 0.15) is 33.6 Å². The van der Waals surface area contributed by atoms with Crippen molar-refractivity contribution >= 4 is 17.3 Å². The lowest BCUT2D eigenvalue weighted by molar-refractivity contribution is 0.352. The summed E-state index contributed by atoms with van der Waals surface area (Å²) in [4.78, 5) is 10.4. The normalized spacial score (nSPS) is 11.2. The summed E-state index contributed by atoms with van der Waals surface area (Å²) in [6.07, 6.45) is 2.56. The highest BCUT2D eigenvalue weighted by Crippen LogP contribution is 2.33. The molecule has 0 spiro atoms. The molecule has 0 atom stereocenters. The number of aryl methyl sites for hydroxylation is 2. The van der Waals surface area contributed by atoms with Crippen molar-refractivity contribution in [2.24, 2.45) is 4.99 Å². The van der Waals surface area contributed by atoms with Gasteiger partial charge in [-0.05, 0) is 44.9 Å². The van der Waals surface area contributed by atoms with E-state index in [1.807, 2.05) is 26.0 Å². The number of methoxy groups -OCH3 is 2. The maximum Gasteiger partial charge on any atom is 0.191 e. The highest BCUT2D eigenvalue weighted by molar-refractivity contribution is 7.11. The maximum absolute atomic E-state index is 5.50. The second-order valence-corrected chi connectivity index (χ2v) is 7.56. The van der Waals surface area contributed by atoms with Gasteiger partial charge in [0.05, 0.1) is 38.0 Å². The van der Waals surface area contributed by atoms with Crippen LogP contribution in [-0.4, -0.2) is 31.7 Å². The van der Waals surface area contributed by atoms with E-state index < -0.39 is 0 Å². The number of nitrogens with one attached hydrogen (secondary N) is 2. The number of aliphatic imine (C=N–C) groups is 1. The molecule has 2 N–H and O–H groups in total. The number of aromatic nitrogens is 1. The van der Waals surface area contributed by atoms with E-state index in [1.54, 1.807) is 25.6 Å². The Balaban J connectivity index is 2.17. The van der Waals surface area contributed by atoms with Crippen LogP contribution >= 0.6 is 11.3 Å². The van der Waals surface area contributed by atoms with Gasteiger partial charge in [-0.15, -0.1) is 17.9 Å². The molecule has 0 amide bonds. The van der Waals surface area contributed by atoms with Gasteiger partial charge in [-0.1, -0.05) is 6.08 Å². The van der Waals surface area contributed by atoms with Crippen molar-refractivity contribution in [1.82, 2.24) is 15.6 Å². The molecule has 0 saturated carbocycles. The number of rotatable bonds is 9. The van der Waals surface area contributed by atoms with Gasteiger partial charge < -0.3 is 20.1 Å². The van der Waals surface area contributed by atoms with Crippen LogP contribution in [0.4, 0.5) is 0 Å². The highest BCUT2D eigenvalue weighted by Gasteiger charge is 2.12. The van der Waals surface area contributed by atoms with Crippen molar-refractivity contribution in [3.63, 3.8) is 0 Å². The second kappa shape index (κ2) is 10.7. The lowest BCUT2D eigenvalue weighted by atomic mass is 10.1. The summed E-state index contributed by atoms with van der Waals surface area (Å²) in [6, 6.07) is 4.06. The van der Waals surface area contributed by atoms with E-state index in [1.165, 1.54) is 4.88 Å². The van der Waals surface area contributed by atoms with Crippen molar-refractivity contribution in [2.45, 2.75) is 40.3 Å². The minimum absolute atomic E-state index is 0.528. The van der Waals surface area contributed by atoms with Crippen molar-refractivity contribution in [3.8, 4) is 11.5 Å². The fourth-order valence-corrected chi connectivity index (χ4v) is 3.80. The molecule has 0 fully saturated rings. The number of ether oxygens (including phenoxy) is 2. The van der Waals surface area contributed by atoms with Crippen molar-refractivity contribution < 1.29 is 9.47 Å². The molecule has 1 aromatic carbocycles. The first-order valence-corrected chi connectivity index (χ1v) is 10.1. The van der Waals surface area contributed by atoms with Gasteiger partial charge in [-0.2, -0.15) is 0 Å². The largest absolute Gasteiger partial charge is 0.493 e. The van der Waals surface area contributed by atoms with Gasteiger partial charge in [-0.25, -0.2) is 9.98 Å². The zero-order chi connectivity index (χ0) is 20.5. The van der Waals surface area contributed by atoms with Crippen molar-refractivity contribution in [3.05, 3.63) is 51.5 Å². The molecule has 0 bridgehead atoms. The van der Waals surface area contributed by atoms with Crippen LogP contribution in [0.5, 0.6) is 11.5 Å². The van der Waals surface area contributed by atoms with Gasteiger partial charge in [0.25, 0.3) is 0 Å². The van der Waals surface area contributed by atoms with Crippen LogP contribution in [0.2, 0.25) is 0 Å². The lowest BCUT2D eigenvalue weighted by Crippen LogP contribution is -2.36. The molecule has 2 rings (SSSR count). The molecule has 0 radical (unpaired) electrons. The molecule has 7 heteroatoms. The third-order valence-corrected chi connectivity index (χ3v) is 5.23. The minimum atomic E-state index is 0.528. The van der Waals surface area contributed by atoms with E-state index in [9.17, 15) is 0 Å². The number of benzene rings is 1. The predicted octanol–water partition coefficient (Wildman–Crippen LogP) is 3.76. The first kappa shape index (κ1) is 21.8. The SMILES string of the molecule is C=CCc1cc(CN=C(NCC)NCc2sc(C)nc2C)cc(OC)c1OC. The summed E-state index contributed by atoms with van der Waals surface area (Å²) in [5.41, 5.74) is 3.16. The fraction of sp³-hybridized carbons (Fsp3) is 0.429. The van der Waals surface area contributed by atoms with Crippen LogP contribution in [0.15, 0.2) is 29.8 Å². The topological polar surface area (TPSA) is 67.8 Å². The number of hydrogen-bond acceptors (Lipinski definition) is 5. The Kier molecular flexibility index (Phi) is 8.32. The molecule has 1 heterocycles. The molecule has 2 aromatic rings. The Hall–Kier alpha value is -2.54. The van der Waals surface area contributed by atoms with Crippen LogP contribution in [0, 0.1) is 13.8 Å². The van der Waals surface area contributed by atoms with E-state index in [2.05, 4.69) is 35.2 Å². The highest BCUT2D eigenvalue weighted by atomic mass is 32.1. The maximum atomic E-state index is 5.50. The minimum Gasteiger partial charge on any atom is -0.493 e. The van der Waals surface area contributed by atoms with E-state index in [4.69, 9.17) is 14.5 Å². The summed E-state index contributed by atoms with van der Waals surface area (Å²) in [6.45, 7) is 12.0. The fourth-order valence-electron chi connectivity index (χ4n) is 2.92. The first-order valence-electron chi connectivity index (χ1n) is 9.32.